The maximum Gasteiger partial charge on any atom is 0.285 e. The predicted octanol–water partition coefficient (Wildman–Crippen LogP) is 2.86. The van der Waals surface area contributed by atoms with Gasteiger partial charge >= 0.3 is 0 Å². The monoisotopic (exact) mass is 303 g/mol. The van der Waals surface area contributed by atoms with E-state index in [2.05, 4.69) is 20.3 Å². The minimum absolute atomic E-state index is 0.281. The first kappa shape index (κ1) is 13.7. The number of aryl methyl sites for hydroxylation is 2. The zero-order valence-corrected chi connectivity index (χ0v) is 12.6. The van der Waals surface area contributed by atoms with E-state index in [4.69, 9.17) is 4.42 Å². The maximum absolute atomic E-state index is 12.0. The molecule has 3 heterocycles. The number of nitrogens with zero attached hydrogens (tertiary/aromatic N) is 2. The Labute approximate surface area is 124 Å². The molecular formula is C14H13N3O3S. The number of rotatable bonds is 3. The largest absolute Gasteiger partial charge is 0.461 e. The lowest BCUT2D eigenvalue weighted by Gasteiger charge is -2.01. The number of thiophene rings is 1. The first-order valence-electron chi connectivity index (χ1n) is 6.26. The molecule has 3 rings (SSSR count). The molecule has 0 radical (unpaired) electrons. The summed E-state index contributed by atoms with van der Waals surface area (Å²) in [6.07, 6.45) is 1.58. The Bertz CT molecular complexity index is 809. The van der Waals surface area contributed by atoms with E-state index in [0.29, 0.717) is 16.5 Å². The van der Waals surface area contributed by atoms with E-state index in [9.17, 15) is 4.79 Å². The first-order valence-corrected chi connectivity index (χ1v) is 7.08. The van der Waals surface area contributed by atoms with E-state index < -0.39 is 0 Å². The Morgan fingerprint density at radius 3 is 2.86 bits per heavy atom. The molecule has 0 spiro atoms. The second-order valence-corrected chi connectivity index (χ2v) is 5.48. The van der Waals surface area contributed by atoms with Crippen LogP contribution >= 0.6 is 11.3 Å². The summed E-state index contributed by atoms with van der Waals surface area (Å²) >= 11 is 1.31. The molecular weight excluding hydrogens is 290 g/mol. The van der Waals surface area contributed by atoms with Gasteiger partial charge in [-0.05, 0) is 31.5 Å². The van der Waals surface area contributed by atoms with Crippen LogP contribution in [0.5, 0.6) is 0 Å². The van der Waals surface area contributed by atoms with Crippen molar-refractivity contribution in [3.8, 4) is 11.6 Å². The van der Waals surface area contributed by atoms with Crippen LogP contribution in [-0.2, 0) is 4.84 Å². The summed E-state index contributed by atoms with van der Waals surface area (Å²) in [5.41, 5.74) is 4.00. The first-order chi connectivity index (χ1) is 10.1. The van der Waals surface area contributed by atoms with Gasteiger partial charge in [-0.25, -0.2) is 15.4 Å². The Balaban J connectivity index is 2.18. The standard InChI is InChI=1S/C14H13N3O3S/c1-7-10-8(2)15-12(9-5-4-6-20-9)16-14(10)21-11(7)13(18)17-19-3/h4-6H,1-3H3,(H,17,18). The van der Waals surface area contributed by atoms with Gasteiger partial charge in [0.05, 0.1) is 23.9 Å². The lowest BCUT2D eigenvalue weighted by molar-refractivity contribution is 0.0541. The number of hydrogen-bond acceptors (Lipinski definition) is 6. The normalized spacial score (nSPS) is 11.0. The lowest BCUT2D eigenvalue weighted by atomic mass is 10.1. The highest BCUT2D eigenvalue weighted by atomic mass is 32.1. The molecule has 0 saturated heterocycles. The molecule has 1 amide bonds. The average Bonchev–Trinajstić information content (AvgIpc) is 3.07. The van der Waals surface area contributed by atoms with Crippen molar-refractivity contribution in [1.29, 1.82) is 0 Å². The molecule has 0 fully saturated rings. The number of carbonyl (C=O) groups excluding carboxylic acids is 1. The van der Waals surface area contributed by atoms with Crippen LogP contribution in [0.4, 0.5) is 0 Å². The summed E-state index contributed by atoms with van der Waals surface area (Å²) in [7, 11) is 1.40. The van der Waals surface area contributed by atoms with Crippen LogP contribution in [0.2, 0.25) is 0 Å². The number of hydrogen-bond donors (Lipinski definition) is 1. The zero-order chi connectivity index (χ0) is 15.0. The van der Waals surface area contributed by atoms with E-state index in [1.54, 1.807) is 18.4 Å². The number of nitrogens with one attached hydrogen (secondary N) is 1. The molecule has 0 aliphatic carbocycles. The summed E-state index contributed by atoms with van der Waals surface area (Å²) in [6, 6.07) is 3.59. The molecule has 0 aliphatic heterocycles. The molecule has 0 aliphatic rings. The van der Waals surface area contributed by atoms with Crippen LogP contribution in [0.1, 0.15) is 20.9 Å². The summed E-state index contributed by atoms with van der Waals surface area (Å²) in [5, 5.41) is 0.900. The van der Waals surface area contributed by atoms with Gasteiger partial charge in [-0.3, -0.25) is 9.63 Å². The highest BCUT2D eigenvalue weighted by Crippen LogP contribution is 2.32. The van der Waals surface area contributed by atoms with Crippen molar-refractivity contribution in [2.24, 2.45) is 0 Å². The zero-order valence-electron chi connectivity index (χ0n) is 11.8. The SMILES string of the molecule is CONC(=O)c1sc2nc(-c3ccco3)nc(C)c2c1C. The number of carbonyl (C=O) groups is 1. The van der Waals surface area contributed by atoms with Gasteiger partial charge in [0.1, 0.15) is 4.83 Å². The number of aromatic nitrogens is 2. The van der Waals surface area contributed by atoms with Crippen molar-refractivity contribution in [3.05, 3.63) is 34.5 Å². The molecule has 3 aromatic heterocycles. The van der Waals surface area contributed by atoms with Crippen molar-refractivity contribution in [2.45, 2.75) is 13.8 Å². The second-order valence-electron chi connectivity index (χ2n) is 4.48. The second kappa shape index (κ2) is 5.27. The molecule has 0 saturated carbocycles. The molecule has 3 aromatic rings. The van der Waals surface area contributed by atoms with E-state index in [0.717, 1.165) is 21.5 Å². The molecule has 21 heavy (non-hydrogen) atoms. The Morgan fingerprint density at radius 1 is 1.38 bits per heavy atom. The summed E-state index contributed by atoms with van der Waals surface area (Å²) in [5.74, 6) is 0.843. The molecule has 0 unspecified atom stereocenters. The Hall–Kier alpha value is -2.25. The quantitative estimate of drug-likeness (QED) is 0.753. The smallest absolute Gasteiger partial charge is 0.285 e. The van der Waals surface area contributed by atoms with Crippen LogP contribution in [0, 0.1) is 13.8 Å². The average molecular weight is 303 g/mol. The Morgan fingerprint density at radius 2 is 2.19 bits per heavy atom. The van der Waals surface area contributed by atoms with Gasteiger partial charge in [0.25, 0.3) is 5.91 Å². The minimum atomic E-state index is -0.281. The van der Waals surface area contributed by atoms with E-state index in [1.807, 2.05) is 13.8 Å². The van der Waals surface area contributed by atoms with Gasteiger partial charge < -0.3 is 4.42 Å². The van der Waals surface area contributed by atoms with Gasteiger partial charge in [0.15, 0.2) is 11.6 Å². The highest BCUT2D eigenvalue weighted by Gasteiger charge is 2.19. The van der Waals surface area contributed by atoms with Crippen molar-refractivity contribution >= 4 is 27.5 Å². The van der Waals surface area contributed by atoms with Crippen molar-refractivity contribution in [3.63, 3.8) is 0 Å². The molecule has 1 N–H and O–H groups in total. The maximum atomic E-state index is 12.0. The number of furan rings is 1. The van der Waals surface area contributed by atoms with Crippen LogP contribution in [0.3, 0.4) is 0 Å². The lowest BCUT2D eigenvalue weighted by Crippen LogP contribution is -2.21. The molecule has 0 atom stereocenters. The molecule has 7 heteroatoms. The van der Waals surface area contributed by atoms with E-state index in [1.165, 1.54) is 18.4 Å². The number of amides is 1. The topological polar surface area (TPSA) is 77.2 Å². The van der Waals surface area contributed by atoms with Crippen LogP contribution in [0.25, 0.3) is 21.8 Å². The number of fused-ring (bicyclic) bond motifs is 1. The minimum Gasteiger partial charge on any atom is -0.461 e. The van der Waals surface area contributed by atoms with Gasteiger partial charge in [-0.1, -0.05) is 0 Å². The molecule has 0 bridgehead atoms. The third-order valence-electron chi connectivity index (χ3n) is 3.11. The summed E-state index contributed by atoms with van der Waals surface area (Å²) in [4.78, 5) is 26.9. The predicted molar refractivity (Wildman–Crippen MR) is 79.1 cm³/mol. The highest BCUT2D eigenvalue weighted by molar-refractivity contribution is 7.20. The van der Waals surface area contributed by atoms with E-state index >= 15 is 0 Å². The molecule has 108 valence electrons. The fourth-order valence-corrected chi connectivity index (χ4v) is 3.33. The molecule has 6 nitrogen and oxygen atoms in total. The van der Waals surface area contributed by atoms with Gasteiger partial charge in [0.2, 0.25) is 0 Å². The fraction of sp³-hybridized carbons (Fsp3) is 0.214. The van der Waals surface area contributed by atoms with E-state index in [-0.39, 0.29) is 5.91 Å². The summed E-state index contributed by atoms with van der Waals surface area (Å²) in [6.45, 7) is 3.78. The van der Waals surface area contributed by atoms with Crippen molar-refractivity contribution in [1.82, 2.24) is 15.4 Å². The van der Waals surface area contributed by atoms with Crippen LogP contribution in [-0.4, -0.2) is 23.0 Å². The van der Waals surface area contributed by atoms with Crippen LogP contribution in [0.15, 0.2) is 22.8 Å². The Kier molecular flexibility index (Phi) is 3.44. The number of hydroxylamine groups is 1. The van der Waals surface area contributed by atoms with Crippen LogP contribution < -0.4 is 5.48 Å². The van der Waals surface area contributed by atoms with Gasteiger partial charge in [-0.2, -0.15) is 0 Å². The van der Waals surface area contributed by atoms with Gasteiger partial charge in [-0.15, -0.1) is 11.3 Å². The molecule has 0 aromatic carbocycles. The van der Waals surface area contributed by atoms with Crippen molar-refractivity contribution < 1.29 is 14.0 Å². The van der Waals surface area contributed by atoms with Gasteiger partial charge in [0, 0.05) is 5.39 Å². The van der Waals surface area contributed by atoms with Crippen molar-refractivity contribution in [2.75, 3.05) is 7.11 Å². The summed E-state index contributed by atoms with van der Waals surface area (Å²) < 4.78 is 5.33. The fourth-order valence-electron chi connectivity index (χ4n) is 2.21. The third-order valence-corrected chi connectivity index (χ3v) is 4.30. The third kappa shape index (κ3) is 2.30.